The zero-order valence-corrected chi connectivity index (χ0v) is 20.8. The molecule has 0 N–H and O–H groups in total. The van der Waals surface area contributed by atoms with Crippen LogP contribution >= 0.6 is 0 Å². The van der Waals surface area contributed by atoms with Crippen LogP contribution in [0.2, 0.25) is 0 Å². The zero-order valence-electron chi connectivity index (χ0n) is 20.8. The van der Waals surface area contributed by atoms with Gasteiger partial charge in [-0.2, -0.15) is 0 Å². The van der Waals surface area contributed by atoms with Crippen molar-refractivity contribution in [2.45, 2.75) is 25.8 Å². The minimum atomic E-state index is -0.0586. The molecule has 0 spiro atoms. The van der Waals surface area contributed by atoms with Gasteiger partial charge in [0, 0.05) is 43.3 Å². The fourth-order valence-electron chi connectivity index (χ4n) is 4.46. The van der Waals surface area contributed by atoms with E-state index in [2.05, 4.69) is 15.1 Å². The fourth-order valence-corrected chi connectivity index (χ4v) is 4.46. The topological polar surface area (TPSA) is 78.9 Å². The average molecular weight is 486 g/mol. The van der Waals surface area contributed by atoms with Crippen LogP contribution in [-0.2, 0) is 4.79 Å². The highest BCUT2D eigenvalue weighted by Gasteiger charge is 2.35. The van der Waals surface area contributed by atoms with Crippen molar-refractivity contribution < 1.29 is 14.3 Å². The van der Waals surface area contributed by atoms with Crippen LogP contribution < -0.4 is 9.64 Å². The van der Waals surface area contributed by atoms with Crippen LogP contribution in [0.5, 0.6) is 5.75 Å². The number of aromatic nitrogens is 2. The summed E-state index contributed by atoms with van der Waals surface area (Å²) in [5.41, 5.74) is 3.53. The van der Waals surface area contributed by atoms with Crippen molar-refractivity contribution in [1.29, 1.82) is 0 Å². The van der Waals surface area contributed by atoms with Gasteiger partial charge >= 0.3 is 0 Å². The van der Waals surface area contributed by atoms with Crippen LogP contribution in [0.4, 0.5) is 5.82 Å². The molecule has 2 aromatic carbocycles. The monoisotopic (exact) mass is 485 g/mol. The Morgan fingerprint density at radius 3 is 2.19 bits per heavy atom. The van der Waals surface area contributed by atoms with E-state index in [-0.39, 0.29) is 24.4 Å². The molecule has 1 aliphatic heterocycles. The lowest BCUT2D eigenvalue weighted by Crippen LogP contribution is -2.52. The first-order valence-electron chi connectivity index (χ1n) is 12.4. The molecule has 8 heteroatoms. The van der Waals surface area contributed by atoms with Crippen molar-refractivity contribution in [3.05, 3.63) is 71.8 Å². The molecule has 1 aliphatic carbocycles. The fraction of sp³-hybridized carbons (Fsp3) is 0.357. The first-order valence-corrected chi connectivity index (χ1v) is 12.4. The maximum atomic E-state index is 13.1. The molecule has 3 aromatic rings. The zero-order chi connectivity index (χ0) is 25.1. The van der Waals surface area contributed by atoms with Gasteiger partial charge in [-0.05, 0) is 68.3 Å². The van der Waals surface area contributed by atoms with Crippen LogP contribution in [0.1, 0.15) is 28.8 Å². The number of anilines is 1. The summed E-state index contributed by atoms with van der Waals surface area (Å²) in [6, 6.07) is 19.4. The second-order valence-electron chi connectivity index (χ2n) is 9.40. The van der Waals surface area contributed by atoms with Crippen molar-refractivity contribution in [1.82, 2.24) is 20.0 Å². The Morgan fingerprint density at radius 1 is 0.917 bits per heavy atom. The molecule has 0 unspecified atom stereocenters. The molecule has 1 aromatic heterocycles. The Kier molecular flexibility index (Phi) is 6.84. The average Bonchev–Trinajstić information content (AvgIpc) is 3.77. The summed E-state index contributed by atoms with van der Waals surface area (Å²) in [5, 5.41) is 8.82. The molecule has 0 atom stereocenters. The highest BCUT2D eigenvalue weighted by atomic mass is 16.5. The van der Waals surface area contributed by atoms with Gasteiger partial charge in [0.2, 0.25) is 5.91 Å². The first kappa shape index (κ1) is 23.8. The van der Waals surface area contributed by atoms with Crippen molar-refractivity contribution in [3.63, 3.8) is 0 Å². The van der Waals surface area contributed by atoms with Gasteiger partial charge in [-0.25, -0.2) is 0 Å². The molecule has 186 valence electrons. The second kappa shape index (κ2) is 10.4. The number of nitrogens with zero attached hydrogens (tertiary/aromatic N) is 5. The van der Waals surface area contributed by atoms with E-state index in [0.29, 0.717) is 31.7 Å². The highest BCUT2D eigenvalue weighted by Crippen LogP contribution is 2.28. The Hall–Kier alpha value is -3.94. The summed E-state index contributed by atoms with van der Waals surface area (Å²) in [5.74, 6) is 1.55. The molecule has 2 aliphatic rings. The van der Waals surface area contributed by atoms with Gasteiger partial charge in [0.25, 0.3) is 5.91 Å². The number of amides is 2. The van der Waals surface area contributed by atoms with Gasteiger partial charge in [-0.15, -0.1) is 10.2 Å². The molecule has 5 rings (SSSR count). The summed E-state index contributed by atoms with van der Waals surface area (Å²) in [7, 11) is 1.64. The van der Waals surface area contributed by atoms with Crippen LogP contribution in [0, 0.1) is 6.92 Å². The van der Waals surface area contributed by atoms with E-state index in [1.165, 1.54) is 0 Å². The van der Waals surface area contributed by atoms with E-state index in [0.717, 1.165) is 41.2 Å². The number of piperazine rings is 1. The minimum Gasteiger partial charge on any atom is -0.497 e. The van der Waals surface area contributed by atoms with Crippen LogP contribution in [0.3, 0.4) is 0 Å². The maximum absolute atomic E-state index is 13.1. The summed E-state index contributed by atoms with van der Waals surface area (Å²) in [4.78, 5) is 31.9. The number of aryl methyl sites for hydroxylation is 1. The molecule has 36 heavy (non-hydrogen) atoms. The van der Waals surface area contributed by atoms with Crippen LogP contribution in [0.15, 0.2) is 60.7 Å². The van der Waals surface area contributed by atoms with Gasteiger partial charge in [0.15, 0.2) is 5.82 Å². The van der Waals surface area contributed by atoms with Crippen LogP contribution in [0.25, 0.3) is 11.3 Å². The first-order chi connectivity index (χ1) is 17.5. The number of carbonyl (C=O) groups excluding carboxylic acids is 2. The van der Waals surface area contributed by atoms with E-state index in [4.69, 9.17) is 4.74 Å². The third-order valence-corrected chi connectivity index (χ3v) is 6.85. The third-order valence-electron chi connectivity index (χ3n) is 6.85. The summed E-state index contributed by atoms with van der Waals surface area (Å²) in [6.07, 6.45) is 1.92. The molecule has 0 radical (unpaired) electrons. The molecular weight excluding hydrogens is 454 g/mol. The Labute approximate surface area is 211 Å². The highest BCUT2D eigenvalue weighted by molar-refractivity contribution is 5.97. The molecule has 2 heterocycles. The lowest BCUT2D eigenvalue weighted by molar-refractivity contribution is -0.132. The van der Waals surface area contributed by atoms with E-state index in [9.17, 15) is 9.59 Å². The predicted molar refractivity (Wildman–Crippen MR) is 138 cm³/mol. The number of hydrogen-bond donors (Lipinski definition) is 0. The largest absolute Gasteiger partial charge is 0.497 e. The van der Waals surface area contributed by atoms with Gasteiger partial charge in [-0.1, -0.05) is 17.7 Å². The molecule has 2 amide bonds. The standard InChI is InChI=1S/C28H31N5O3/c1-20-3-5-22(6-4-20)28(35)33(23-9-10-23)19-27(34)32-17-15-31(16-18-32)26-14-13-25(29-30-26)21-7-11-24(36-2)12-8-21/h3-8,11-14,23H,9-10,15-19H2,1-2H3. The van der Waals surface area contributed by atoms with Crippen molar-refractivity contribution in [2.75, 3.05) is 44.7 Å². The molecule has 1 saturated carbocycles. The molecule has 0 bridgehead atoms. The van der Waals surface area contributed by atoms with Crippen molar-refractivity contribution in [2.24, 2.45) is 0 Å². The summed E-state index contributed by atoms with van der Waals surface area (Å²) in [6.45, 7) is 4.68. The number of hydrogen-bond acceptors (Lipinski definition) is 6. The molecule has 8 nitrogen and oxygen atoms in total. The Balaban J connectivity index is 1.17. The second-order valence-corrected chi connectivity index (χ2v) is 9.40. The van der Waals surface area contributed by atoms with Crippen LogP contribution in [-0.4, -0.2) is 77.7 Å². The van der Waals surface area contributed by atoms with Gasteiger partial charge in [-0.3, -0.25) is 9.59 Å². The number of methoxy groups -OCH3 is 1. The smallest absolute Gasteiger partial charge is 0.254 e. The quantitative estimate of drug-likeness (QED) is 0.510. The number of ether oxygens (including phenoxy) is 1. The molecule has 1 saturated heterocycles. The van der Waals surface area contributed by atoms with Crippen molar-refractivity contribution in [3.8, 4) is 17.0 Å². The van der Waals surface area contributed by atoms with E-state index in [1.54, 1.807) is 12.0 Å². The van der Waals surface area contributed by atoms with Crippen molar-refractivity contribution >= 4 is 17.6 Å². The lowest BCUT2D eigenvalue weighted by atomic mass is 10.1. The Bertz CT molecular complexity index is 1200. The van der Waals surface area contributed by atoms with Gasteiger partial charge in [0.1, 0.15) is 12.3 Å². The summed E-state index contributed by atoms with van der Waals surface area (Å²) >= 11 is 0. The summed E-state index contributed by atoms with van der Waals surface area (Å²) < 4.78 is 5.21. The molecule has 2 fully saturated rings. The van der Waals surface area contributed by atoms with E-state index in [1.807, 2.05) is 72.5 Å². The van der Waals surface area contributed by atoms with E-state index >= 15 is 0 Å². The van der Waals surface area contributed by atoms with E-state index < -0.39 is 0 Å². The van der Waals surface area contributed by atoms with Gasteiger partial charge < -0.3 is 19.4 Å². The predicted octanol–water partition coefficient (Wildman–Crippen LogP) is 3.41. The maximum Gasteiger partial charge on any atom is 0.254 e. The lowest BCUT2D eigenvalue weighted by Gasteiger charge is -2.36. The third kappa shape index (κ3) is 5.32. The normalized spacial score (nSPS) is 15.5. The number of benzene rings is 2. The minimum absolute atomic E-state index is 0.00273. The van der Waals surface area contributed by atoms with Gasteiger partial charge in [0.05, 0.1) is 12.8 Å². The SMILES string of the molecule is COc1ccc(-c2ccc(N3CCN(C(=O)CN(C(=O)c4ccc(C)cc4)C4CC4)CC3)nn2)cc1. The number of rotatable bonds is 7. The molecular formula is C28H31N5O3. The Morgan fingerprint density at radius 2 is 1.61 bits per heavy atom. The number of carbonyl (C=O) groups is 2.